The van der Waals surface area contributed by atoms with Gasteiger partial charge in [-0.3, -0.25) is 0 Å². The van der Waals surface area contributed by atoms with Gasteiger partial charge in [-0.15, -0.1) is 0 Å². The summed E-state index contributed by atoms with van der Waals surface area (Å²) in [5.74, 6) is 0.912. The third-order valence-electron chi connectivity index (χ3n) is 3.01. The first kappa shape index (κ1) is 14.5. The molecular weight excluding hydrogens is 250 g/mol. The highest BCUT2D eigenvalue weighted by Crippen LogP contribution is 2.23. The summed E-state index contributed by atoms with van der Waals surface area (Å²) in [7, 11) is 0. The molecule has 1 N–H and O–H groups in total. The molecule has 1 atom stereocenters. The number of nitrogens with one attached hydrogen (secondary N) is 1. The second kappa shape index (κ2) is 7.60. The Morgan fingerprint density at radius 3 is 2.35 bits per heavy atom. The Morgan fingerprint density at radius 2 is 1.75 bits per heavy atom. The van der Waals surface area contributed by atoms with Crippen molar-refractivity contribution in [3.63, 3.8) is 0 Å². The second-order valence-electron chi connectivity index (χ2n) is 4.58. The van der Waals surface area contributed by atoms with Gasteiger partial charge < -0.3 is 10.1 Å². The fourth-order valence-electron chi connectivity index (χ4n) is 2.07. The number of aromatic nitrogens is 2. The standard InChI is InChI=1S/C16H21N3O/c1-3-9-20-15-7-5-13(6-8-15)16(19-4-2)14-10-17-12-18-11-14/h5-8,10-12,16,19H,3-4,9H2,1-2H3. The fourth-order valence-corrected chi connectivity index (χ4v) is 2.07. The average Bonchev–Trinajstić information content (AvgIpc) is 2.52. The lowest BCUT2D eigenvalue weighted by molar-refractivity contribution is 0.317. The molecular formula is C16H21N3O. The van der Waals surface area contributed by atoms with Crippen LogP contribution in [0, 0.1) is 0 Å². The molecule has 1 aromatic heterocycles. The molecule has 0 saturated heterocycles. The quantitative estimate of drug-likeness (QED) is 0.841. The molecule has 0 saturated carbocycles. The van der Waals surface area contributed by atoms with Crippen LogP contribution < -0.4 is 10.1 Å². The number of hydrogen-bond donors (Lipinski definition) is 1. The SMILES string of the molecule is CCCOc1ccc(C(NCC)c2cncnc2)cc1. The van der Waals surface area contributed by atoms with E-state index in [0.717, 1.165) is 30.9 Å². The monoisotopic (exact) mass is 271 g/mol. The minimum Gasteiger partial charge on any atom is -0.494 e. The zero-order chi connectivity index (χ0) is 14.2. The Kier molecular flexibility index (Phi) is 5.50. The molecule has 1 heterocycles. The topological polar surface area (TPSA) is 47.0 Å². The molecule has 1 unspecified atom stereocenters. The van der Waals surface area contributed by atoms with Gasteiger partial charge in [0.05, 0.1) is 12.6 Å². The van der Waals surface area contributed by atoms with Crippen molar-refractivity contribution in [2.24, 2.45) is 0 Å². The molecule has 0 fully saturated rings. The van der Waals surface area contributed by atoms with Crippen LogP contribution in [0.5, 0.6) is 5.75 Å². The van der Waals surface area contributed by atoms with Crippen LogP contribution >= 0.6 is 0 Å². The molecule has 20 heavy (non-hydrogen) atoms. The second-order valence-corrected chi connectivity index (χ2v) is 4.58. The molecule has 0 aliphatic heterocycles. The molecule has 106 valence electrons. The van der Waals surface area contributed by atoms with Gasteiger partial charge in [-0.2, -0.15) is 0 Å². The molecule has 0 bridgehead atoms. The van der Waals surface area contributed by atoms with Crippen LogP contribution in [0.15, 0.2) is 43.0 Å². The van der Waals surface area contributed by atoms with Crippen molar-refractivity contribution in [1.82, 2.24) is 15.3 Å². The molecule has 0 amide bonds. The molecule has 2 rings (SSSR count). The molecule has 4 nitrogen and oxygen atoms in total. The molecule has 1 aromatic carbocycles. The lowest BCUT2D eigenvalue weighted by atomic mass is 10.0. The first-order valence-corrected chi connectivity index (χ1v) is 7.06. The molecule has 0 aliphatic rings. The van der Waals surface area contributed by atoms with Crippen LogP contribution in [0.2, 0.25) is 0 Å². The normalized spacial score (nSPS) is 12.1. The highest BCUT2D eigenvalue weighted by molar-refractivity contribution is 5.33. The summed E-state index contributed by atoms with van der Waals surface area (Å²) in [4.78, 5) is 8.19. The smallest absolute Gasteiger partial charge is 0.119 e. The Hall–Kier alpha value is -1.94. The summed E-state index contributed by atoms with van der Waals surface area (Å²) < 4.78 is 5.61. The maximum atomic E-state index is 5.61. The van der Waals surface area contributed by atoms with E-state index in [9.17, 15) is 0 Å². The van der Waals surface area contributed by atoms with E-state index in [1.165, 1.54) is 5.56 Å². The lowest BCUT2D eigenvalue weighted by Crippen LogP contribution is -2.22. The number of hydrogen-bond acceptors (Lipinski definition) is 4. The number of rotatable bonds is 7. The first-order chi connectivity index (χ1) is 9.85. The summed E-state index contributed by atoms with van der Waals surface area (Å²) in [6.45, 7) is 5.83. The largest absolute Gasteiger partial charge is 0.494 e. The number of ether oxygens (including phenoxy) is 1. The van der Waals surface area contributed by atoms with Gasteiger partial charge in [-0.25, -0.2) is 9.97 Å². The Labute approximate surface area is 120 Å². The highest BCUT2D eigenvalue weighted by atomic mass is 16.5. The Morgan fingerprint density at radius 1 is 1.05 bits per heavy atom. The van der Waals surface area contributed by atoms with Gasteiger partial charge in [0, 0.05) is 18.0 Å². The van der Waals surface area contributed by atoms with Gasteiger partial charge in [0.25, 0.3) is 0 Å². The van der Waals surface area contributed by atoms with Crippen LogP contribution in [-0.4, -0.2) is 23.1 Å². The lowest BCUT2D eigenvalue weighted by Gasteiger charge is -2.18. The van der Waals surface area contributed by atoms with E-state index in [2.05, 4.69) is 41.3 Å². The zero-order valence-corrected chi connectivity index (χ0v) is 12.0. The minimum atomic E-state index is 0.112. The third kappa shape index (κ3) is 3.78. The van der Waals surface area contributed by atoms with Crippen LogP contribution in [0.1, 0.15) is 37.4 Å². The molecule has 0 aliphatic carbocycles. The van der Waals surface area contributed by atoms with Gasteiger partial charge in [-0.1, -0.05) is 26.0 Å². The first-order valence-electron chi connectivity index (χ1n) is 7.06. The summed E-state index contributed by atoms with van der Waals surface area (Å²) >= 11 is 0. The third-order valence-corrected chi connectivity index (χ3v) is 3.01. The summed E-state index contributed by atoms with van der Waals surface area (Å²) in [5, 5.41) is 3.46. The predicted molar refractivity (Wildman–Crippen MR) is 79.8 cm³/mol. The van der Waals surface area contributed by atoms with E-state index in [-0.39, 0.29) is 6.04 Å². The van der Waals surface area contributed by atoms with Crippen molar-refractivity contribution in [2.45, 2.75) is 26.3 Å². The summed E-state index contributed by atoms with van der Waals surface area (Å²) in [5.41, 5.74) is 2.25. The van der Waals surface area contributed by atoms with Crippen molar-refractivity contribution >= 4 is 0 Å². The van der Waals surface area contributed by atoms with E-state index < -0.39 is 0 Å². The van der Waals surface area contributed by atoms with Crippen LogP contribution in [0.3, 0.4) is 0 Å². The van der Waals surface area contributed by atoms with E-state index in [4.69, 9.17) is 4.74 Å². The van der Waals surface area contributed by atoms with Crippen molar-refractivity contribution < 1.29 is 4.74 Å². The predicted octanol–water partition coefficient (Wildman–Crippen LogP) is 2.96. The van der Waals surface area contributed by atoms with Gasteiger partial charge >= 0.3 is 0 Å². The van der Waals surface area contributed by atoms with Gasteiger partial charge in [-0.05, 0) is 30.7 Å². The van der Waals surface area contributed by atoms with Crippen molar-refractivity contribution in [3.8, 4) is 5.75 Å². The van der Waals surface area contributed by atoms with Crippen molar-refractivity contribution in [2.75, 3.05) is 13.2 Å². The van der Waals surface area contributed by atoms with E-state index in [1.54, 1.807) is 6.33 Å². The maximum absolute atomic E-state index is 5.61. The summed E-state index contributed by atoms with van der Waals surface area (Å²) in [6, 6.07) is 8.32. The maximum Gasteiger partial charge on any atom is 0.119 e. The fraction of sp³-hybridized carbons (Fsp3) is 0.375. The molecule has 4 heteroatoms. The average molecular weight is 271 g/mol. The minimum absolute atomic E-state index is 0.112. The van der Waals surface area contributed by atoms with Gasteiger partial charge in [0.15, 0.2) is 0 Å². The van der Waals surface area contributed by atoms with Crippen molar-refractivity contribution in [1.29, 1.82) is 0 Å². The zero-order valence-electron chi connectivity index (χ0n) is 12.0. The summed E-state index contributed by atoms with van der Waals surface area (Å²) in [6.07, 6.45) is 6.26. The van der Waals surface area contributed by atoms with Crippen LogP contribution in [0.25, 0.3) is 0 Å². The van der Waals surface area contributed by atoms with Gasteiger partial charge in [0.1, 0.15) is 12.1 Å². The van der Waals surface area contributed by atoms with E-state index in [1.807, 2.05) is 24.5 Å². The molecule has 0 radical (unpaired) electrons. The van der Waals surface area contributed by atoms with Crippen LogP contribution in [0.4, 0.5) is 0 Å². The number of nitrogens with zero attached hydrogens (tertiary/aromatic N) is 2. The van der Waals surface area contributed by atoms with E-state index in [0.29, 0.717) is 0 Å². The Balaban J connectivity index is 2.17. The van der Waals surface area contributed by atoms with Crippen LogP contribution in [-0.2, 0) is 0 Å². The Bertz CT molecular complexity index is 499. The van der Waals surface area contributed by atoms with Gasteiger partial charge in [0.2, 0.25) is 0 Å². The van der Waals surface area contributed by atoms with E-state index >= 15 is 0 Å². The van der Waals surface area contributed by atoms with Crippen molar-refractivity contribution in [3.05, 3.63) is 54.1 Å². The molecule has 0 spiro atoms. The molecule has 2 aromatic rings. The number of benzene rings is 1. The highest BCUT2D eigenvalue weighted by Gasteiger charge is 2.13.